The summed E-state index contributed by atoms with van der Waals surface area (Å²) in [6, 6.07) is -1.14. The van der Waals surface area contributed by atoms with E-state index in [0.29, 0.717) is 24.1 Å². The van der Waals surface area contributed by atoms with Gasteiger partial charge in [0.15, 0.2) is 6.10 Å². The van der Waals surface area contributed by atoms with Crippen molar-refractivity contribution in [3.63, 3.8) is 0 Å². The Kier molecular flexibility index (Phi) is 6.15. The van der Waals surface area contributed by atoms with Gasteiger partial charge in [0.1, 0.15) is 6.04 Å². The van der Waals surface area contributed by atoms with Crippen LogP contribution in [-0.4, -0.2) is 58.7 Å². The highest BCUT2D eigenvalue weighted by atomic mass is 16.5. The Hall–Kier alpha value is -3.23. The summed E-state index contributed by atoms with van der Waals surface area (Å²) in [7, 11) is 1.24. The van der Waals surface area contributed by atoms with E-state index in [1.165, 1.54) is 21.0 Å². The lowest BCUT2D eigenvalue weighted by molar-refractivity contribution is -0.159. The molecule has 1 aliphatic heterocycles. The fourth-order valence-corrected chi connectivity index (χ4v) is 4.25. The first-order valence-corrected chi connectivity index (χ1v) is 10.1. The molecule has 1 aromatic rings. The molecule has 3 unspecified atom stereocenters. The molecule has 1 saturated heterocycles. The molecule has 0 radical (unpaired) electrons. The van der Waals surface area contributed by atoms with E-state index >= 15 is 0 Å². The van der Waals surface area contributed by atoms with E-state index in [1.54, 1.807) is 13.8 Å². The molecule has 31 heavy (non-hydrogen) atoms. The molecule has 166 valence electrons. The van der Waals surface area contributed by atoms with E-state index in [9.17, 15) is 24.0 Å². The number of amides is 2. The summed E-state index contributed by atoms with van der Waals surface area (Å²) in [4.78, 5) is 66.6. The molecule has 1 N–H and O–H groups in total. The molecule has 4 atom stereocenters. The van der Waals surface area contributed by atoms with Crippen molar-refractivity contribution in [2.24, 2.45) is 11.8 Å². The van der Waals surface area contributed by atoms with Crippen LogP contribution in [0.5, 0.6) is 0 Å². The van der Waals surface area contributed by atoms with Gasteiger partial charge in [-0.25, -0.2) is 9.59 Å². The largest absolute Gasteiger partial charge is 0.465 e. The van der Waals surface area contributed by atoms with Crippen LogP contribution in [0.25, 0.3) is 0 Å². The highest BCUT2D eigenvalue weighted by Crippen LogP contribution is 2.36. The molecular weight excluding hydrogens is 404 g/mol. The first-order valence-electron chi connectivity index (χ1n) is 10.1. The van der Waals surface area contributed by atoms with E-state index in [4.69, 9.17) is 9.47 Å². The molecule has 3 rings (SSSR count). The summed E-state index contributed by atoms with van der Waals surface area (Å²) in [5, 5.41) is 0. The zero-order valence-electron chi connectivity index (χ0n) is 18.2. The summed E-state index contributed by atoms with van der Waals surface area (Å²) < 4.78 is 10.0. The number of ether oxygens (including phenoxy) is 2. The molecule has 0 saturated carbocycles. The summed E-state index contributed by atoms with van der Waals surface area (Å²) >= 11 is 0. The molecule has 0 bridgehead atoms. The van der Waals surface area contributed by atoms with Crippen LogP contribution in [0.1, 0.15) is 58.8 Å². The number of allylic oxidation sites excluding steroid dienone is 2. The summed E-state index contributed by atoms with van der Waals surface area (Å²) in [5.41, 5.74) is 1.24. The predicted octanol–water partition coefficient (Wildman–Crippen LogP) is 1.87. The van der Waals surface area contributed by atoms with E-state index in [1.807, 2.05) is 12.2 Å². The SMILES string of the molecule is COC(=O)c1c(C)[nH]c(C(=O)C(C)OC(=O)[C@@H](C)N2C(=O)C3CC=CCC3C2=O)c1C. The Bertz CT molecular complexity index is 964. The number of aryl methyl sites for hydroxylation is 1. The zero-order chi connectivity index (χ0) is 23.0. The highest BCUT2D eigenvalue weighted by molar-refractivity contribution is 6.08. The number of likely N-dealkylation sites (tertiary alicyclic amines) is 1. The number of fused-ring (bicyclic) bond motifs is 1. The standard InChI is InChI=1S/C22H26N2O7/c1-10-16(22(29)30-5)11(2)23-17(10)18(25)13(4)31-21(28)12(3)24-19(26)14-8-6-7-9-15(14)20(24)27/h6-7,12-15,23H,8-9H2,1-5H3/t12-,13?,14?,15?/m1/s1. The summed E-state index contributed by atoms with van der Waals surface area (Å²) in [5.74, 6) is -3.63. The van der Waals surface area contributed by atoms with E-state index in [0.717, 1.165) is 4.90 Å². The first kappa shape index (κ1) is 22.5. The molecule has 2 amide bonds. The van der Waals surface area contributed by atoms with Crippen LogP contribution in [0.2, 0.25) is 0 Å². The van der Waals surface area contributed by atoms with Crippen molar-refractivity contribution in [2.75, 3.05) is 7.11 Å². The van der Waals surface area contributed by atoms with Crippen molar-refractivity contribution in [1.29, 1.82) is 0 Å². The van der Waals surface area contributed by atoms with Gasteiger partial charge >= 0.3 is 11.9 Å². The number of imide groups is 1. The minimum Gasteiger partial charge on any atom is -0.465 e. The predicted molar refractivity (Wildman–Crippen MR) is 108 cm³/mol. The Labute approximate surface area is 179 Å². The number of hydrogen-bond acceptors (Lipinski definition) is 7. The van der Waals surface area contributed by atoms with Crippen molar-refractivity contribution in [2.45, 2.75) is 52.7 Å². The molecule has 9 nitrogen and oxygen atoms in total. The number of H-pyrrole nitrogens is 1. The third-order valence-electron chi connectivity index (χ3n) is 6.01. The maximum Gasteiger partial charge on any atom is 0.339 e. The fourth-order valence-electron chi connectivity index (χ4n) is 4.25. The number of rotatable bonds is 6. The minimum absolute atomic E-state index is 0.135. The van der Waals surface area contributed by atoms with Crippen LogP contribution in [-0.2, 0) is 23.9 Å². The number of aromatic nitrogens is 1. The highest BCUT2D eigenvalue weighted by Gasteiger charge is 2.50. The number of nitrogens with zero attached hydrogens (tertiary/aromatic N) is 1. The minimum atomic E-state index is -1.19. The smallest absolute Gasteiger partial charge is 0.339 e. The van der Waals surface area contributed by atoms with E-state index < -0.39 is 41.7 Å². The summed E-state index contributed by atoms with van der Waals surface area (Å²) in [6.07, 6.45) is 3.48. The van der Waals surface area contributed by atoms with Crippen molar-refractivity contribution in [3.05, 3.63) is 34.7 Å². The molecule has 2 aliphatic rings. The first-order chi connectivity index (χ1) is 14.6. The number of esters is 2. The van der Waals surface area contributed by atoms with Crippen LogP contribution in [0.3, 0.4) is 0 Å². The second kappa shape index (κ2) is 8.49. The molecule has 0 aromatic carbocycles. The molecule has 1 aromatic heterocycles. The fraction of sp³-hybridized carbons (Fsp3) is 0.500. The van der Waals surface area contributed by atoms with E-state index in [-0.39, 0.29) is 23.1 Å². The lowest BCUT2D eigenvalue weighted by atomic mass is 9.85. The lowest BCUT2D eigenvalue weighted by Gasteiger charge is -2.23. The van der Waals surface area contributed by atoms with Crippen LogP contribution in [0.15, 0.2) is 12.2 Å². The third-order valence-corrected chi connectivity index (χ3v) is 6.01. The second-order valence-electron chi connectivity index (χ2n) is 7.94. The maximum absolute atomic E-state index is 12.8. The molecule has 2 heterocycles. The number of ketones is 1. The van der Waals surface area contributed by atoms with Gasteiger partial charge < -0.3 is 14.5 Å². The number of aromatic amines is 1. The van der Waals surface area contributed by atoms with Gasteiger partial charge in [0.2, 0.25) is 17.6 Å². The van der Waals surface area contributed by atoms with Crippen LogP contribution >= 0.6 is 0 Å². The molecule has 1 aliphatic carbocycles. The Morgan fingerprint density at radius 3 is 2.13 bits per heavy atom. The number of nitrogens with one attached hydrogen (secondary N) is 1. The van der Waals surface area contributed by atoms with Crippen LogP contribution < -0.4 is 0 Å². The van der Waals surface area contributed by atoms with E-state index in [2.05, 4.69) is 4.98 Å². The molecule has 0 spiro atoms. The maximum atomic E-state index is 12.8. The van der Waals surface area contributed by atoms with Crippen molar-refractivity contribution < 1.29 is 33.4 Å². The third kappa shape index (κ3) is 3.80. The topological polar surface area (TPSA) is 123 Å². The molecular formula is C22H26N2O7. The van der Waals surface area contributed by atoms with Gasteiger partial charge in [0.25, 0.3) is 0 Å². The quantitative estimate of drug-likeness (QED) is 0.316. The van der Waals surface area contributed by atoms with Gasteiger partial charge in [-0.2, -0.15) is 0 Å². The Morgan fingerprint density at radius 1 is 1.06 bits per heavy atom. The van der Waals surface area contributed by atoms with Gasteiger partial charge in [0.05, 0.1) is 30.2 Å². The normalized spacial score (nSPS) is 22.2. The number of Topliss-reactive ketones (excluding diaryl/α,β-unsaturated/α-hetero) is 1. The van der Waals surface area contributed by atoms with Gasteiger partial charge in [-0.05, 0) is 46.1 Å². The average molecular weight is 430 g/mol. The number of hydrogen-bond donors (Lipinski definition) is 1. The van der Waals surface area contributed by atoms with Gasteiger partial charge in [-0.3, -0.25) is 19.3 Å². The van der Waals surface area contributed by atoms with Gasteiger partial charge in [-0.15, -0.1) is 0 Å². The molecule has 9 heteroatoms. The number of carbonyl (C=O) groups excluding carboxylic acids is 5. The van der Waals surface area contributed by atoms with Crippen molar-refractivity contribution in [1.82, 2.24) is 9.88 Å². The Balaban J connectivity index is 1.72. The lowest BCUT2D eigenvalue weighted by Crippen LogP contribution is -2.45. The zero-order valence-corrected chi connectivity index (χ0v) is 18.2. The van der Waals surface area contributed by atoms with Gasteiger partial charge in [-0.1, -0.05) is 12.2 Å². The monoisotopic (exact) mass is 430 g/mol. The number of methoxy groups -OCH3 is 1. The van der Waals surface area contributed by atoms with Crippen molar-refractivity contribution >= 4 is 29.5 Å². The van der Waals surface area contributed by atoms with Gasteiger partial charge in [0, 0.05) is 5.69 Å². The van der Waals surface area contributed by atoms with Crippen molar-refractivity contribution in [3.8, 4) is 0 Å². The average Bonchev–Trinajstić information content (AvgIpc) is 3.19. The Morgan fingerprint density at radius 2 is 1.61 bits per heavy atom. The molecule has 1 fully saturated rings. The second-order valence-corrected chi connectivity index (χ2v) is 7.94. The van der Waals surface area contributed by atoms with Crippen LogP contribution in [0, 0.1) is 25.7 Å². The summed E-state index contributed by atoms with van der Waals surface area (Å²) in [6.45, 7) is 6.04. The van der Waals surface area contributed by atoms with Crippen LogP contribution in [0.4, 0.5) is 0 Å². The number of carbonyl (C=O) groups is 5.